The lowest BCUT2D eigenvalue weighted by Crippen LogP contribution is -1.99. The van der Waals surface area contributed by atoms with Crippen molar-refractivity contribution >= 4 is 45.1 Å². The molecule has 82 valence electrons. The molecular formula is C10H9BrCl2O2. The molecule has 0 fully saturated rings. The van der Waals surface area contributed by atoms with Gasteiger partial charge in [0, 0.05) is 15.9 Å². The topological polar surface area (TPSA) is 37.3 Å². The lowest BCUT2D eigenvalue weighted by molar-refractivity contribution is -0.137. The van der Waals surface area contributed by atoms with Gasteiger partial charge in [-0.25, -0.2) is 0 Å². The number of carbonyl (C=O) groups is 1. The highest BCUT2D eigenvalue weighted by Crippen LogP contribution is 2.32. The van der Waals surface area contributed by atoms with Crippen molar-refractivity contribution in [3.8, 4) is 0 Å². The molecule has 2 nitrogen and oxygen atoms in total. The molecule has 0 heterocycles. The Morgan fingerprint density at radius 1 is 1.53 bits per heavy atom. The second-order valence-electron chi connectivity index (χ2n) is 3.07. The highest BCUT2D eigenvalue weighted by molar-refractivity contribution is 9.10. The van der Waals surface area contributed by atoms with E-state index in [1.165, 1.54) is 0 Å². The Bertz CT molecular complexity index is 368. The fourth-order valence-corrected chi connectivity index (χ4v) is 2.32. The molecule has 0 aliphatic heterocycles. The number of aliphatic carboxylic acids is 1. The van der Waals surface area contributed by atoms with Gasteiger partial charge in [0.15, 0.2) is 0 Å². The van der Waals surface area contributed by atoms with Crippen molar-refractivity contribution in [1.29, 1.82) is 0 Å². The van der Waals surface area contributed by atoms with E-state index in [2.05, 4.69) is 15.9 Å². The molecule has 1 unspecified atom stereocenters. The van der Waals surface area contributed by atoms with E-state index >= 15 is 0 Å². The third-order valence-corrected chi connectivity index (χ3v) is 3.19. The minimum atomic E-state index is -0.853. The van der Waals surface area contributed by atoms with E-state index in [1.807, 2.05) is 6.07 Å². The quantitative estimate of drug-likeness (QED) is 0.844. The van der Waals surface area contributed by atoms with E-state index in [1.54, 1.807) is 12.1 Å². The molecule has 0 aliphatic rings. The van der Waals surface area contributed by atoms with Gasteiger partial charge >= 0.3 is 5.97 Å². The van der Waals surface area contributed by atoms with Gasteiger partial charge in [-0.15, -0.1) is 11.6 Å². The van der Waals surface area contributed by atoms with Crippen molar-refractivity contribution in [2.24, 2.45) is 0 Å². The van der Waals surface area contributed by atoms with Crippen LogP contribution in [0, 0.1) is 0 Å². The van der Waals surface area contributed by atoms with Gasteiger partial charge < -0.3 is 5.11 Å². The number of hydrogen-bond donors (Lipinski definition) is 1. The van der Waals surface area contributed by atoms with Gasteiger partial charge in [0.1, 0.15) is 0 Å². The van der Waals surface area contributed by atoms with Crippen LogP contribution in [-0.4, -0.2) is 11.1 Å². The van der Waals surface area contributed by atoms with Gasteiger partial charge in [-0.3, -0.25) is 4.79 Å². The minimum Gasteiger partial charge on any atom is -0.481 e. The zero-order valence-electron chi connectivity index (χ0n) is 7.71. The molecule has 0 bridgehead atoms. The fourth-order valence-electron chi connectivity index (χ4n) is 1.16. The van der Waals surface area contributed by atoms with Crippen molar-refractivity contribution in [2.75, 3.05) is 0 Å². The normalized spacial score (nSPS) is 12.5. The summed E-state index contributed by atoms with van der Waals surface area (Å²) < 4.78 is 0.873. The number of carboxylic acid groups (broad SMARTS) is 1. The third kappa shape index (κ3) is 4.01. The van der Waals surface area contributed by atoms with Crippen LogP contribution in [0.3, 0.4) is 0 Å². The number of benzene rings is 1. The zero-order chi connectivity index (χ0) is 11.4. The van der Waals surface area contributed by atoms with Gasteiger partial charge in [-0.2, -0.15) is 0 Å². The van der Waals surface area contributed by atoms with Crippen molar-refractivity contribution < 1.29 is 9.90 Å². The molecule has 0 saturated heterocycles. The fraction of sp³-hybridized carbons (Fsp3) is 0.300. The van der Waals surface area contributed by atoms with Crippen LogP contribution in [-0.2, 0) is 4.79 Å². The number of hydrogen-bond acceptors (Lipinski definition) is 1. The highest BCUT2D eigenvalue weighted by Gasteiger charge is 2.13. The number of alkyl halides is 1. The first-order valence-corrected chi connectivity index (χ1v) is 5.92. The Kier molecular flexibility index (Phi) is 4.90. The van der Waals surface area contributed by atoms with Crippen LogP contribution in [0.5, 0.6) is 0 Å². The minimum absolute atomic E-state index is 0.0422. The van der Waals surface area contributed by atoms with Crippen molar-refractivity contribution in [2.45, 2.75) is 18.2 Å². The van der Waals surface area contributed by atoms with Gasteiger partial charge in [-0.05, 0) is 24.1 Å². The highest BCUT2D eigenvalue weighted by atomic mass is 79.9. The molecule has 1 aromatic carbocycles. The van der Waals surface area contributed by atoms with Crippen LogP contribution in [0.1, 0.15) is 23.8 Å². The third-order valence-electron chi connectivity index (χ3n) is 1.91. The van der Waals surface area contributed by atoms with Crippen LogP contribution in [0.15, 0.2) is 22.7 Å². The molecule has 0 aliphatic carbocycles. The Labute approximate surface area is 106 Å². The number of carboxylic acids is 1. The molecule has 0 radical (unpaired) electrons. The van der Waals surface area contributed by atoms with Crippen molar-refractivity contribution in [3.05, 3.63) is 33.3 Å². The predicted molar refractivity (Wildman–Crippen MR) is 64.6 cm³/mol. The molecule has 1 N–H and O–H groups in total. The monoisotopic (exact) mass is 310 g/mol. The van der Waals surface area contributed by atoms with Gasteiger partial charge in [0.05, 0.1) is 5.38 Å². The smallest absolute Gasteiger partial charge is 0.303 e. The molecule has 0 spiro atoms. The van der Waals surface area contributed by atoms with Crippen LogP contribution in [0.4, 0.5) is 0 Å². The van der Waals surface area contributed by atoms with Gasteiger partial charge in [-0.1, -0.05) is 33.6 Å². The van der Waals surface area contributed by atoms with Crippen LogP contribution in [0.2, 0.25) is 5.02 Å². The Morgan fingerprint density at radius 3 is 2.73 bits per heavy atom. The molecule has 5 heteroatoms. The summed E-state index contributed by atoms with van der Waals surface area (Å²) in [6, 6.07) is 5.37. The first-order valence-electron chi connectivity index (χ1n) is 4.31. The molecule has 0 amide bonds. The molecule has 1 aromatic rings. The van der Waals surface area contributed by atoms with E-state index in [0.29, 0.717) is 11.4 Å². The maximum absolute atomic E-state index is 10.4. The number of rotatable bonds is 4. The van der Waals surface area contributed by atoms with Gasteiger partial charge in [0.2, 0.25) is 0 Å². The largest absolute Gasteiger partial charge is 0.481 e. The summed E-state index contributed by atoms with van der Waals surface area (Å²) in [4.78, 5) is 10.4. The standard InChI is InChI=1S/C10H9BrCl2O2/c11-6-1-2-7(9(13)5-6)8(12)3-4-10(14)15/h1-2,5,8H,3-4H2,(H,14,15). The molecule has 1 atom stereocenters. The lowest BCUT2D eigenvalue weighted by atomic mass is 10.1. The second-order valence-corrected chi connectivity index (χ2v) is 4.92. The zero-order valence-corrected chi connectivity index (χ0v) is 10.8. The number of halogens is 3. The summed E-state index contributed by atoms with van der Waals surface area (Å²) >= 11 is 15.3. The first-order chi connectivity index (χ1) is 7.00. The van der Waals surface area contributed by atoms with Crippen molar-refractivity contribution in [3.63, 3.8) is 0 Å². The Morgan fingerprint density at radius 2 is 2.20 bits per heavy atom. The van der Waals surface area contributed by atoms with Crippen molar-refractivity contribution in [1.82, 2.24) is 0 Å². The summed E-state index contributed by atoms with van der Waals surface area (Å²) in [5, 5.41) is 8.71. The Balaban J connectivity index is 2.73. The first kappa shape index (κ1) is 12.8. The molecule has 0 saturated carbocycles. The average Bonchev–Trinajstić information content (AvgIpc) is 2.14. The van der Waals surface area contributed by atoms with Crippen LogP contribution < -0.4 is 0 Å². The molecule has 0 aromatic heterocycles. The summed E-state index contributed by atoms with van der Waals surface area (Å²) in [7, 11) is 0. The van der Waals surface area contributed by atoms with E-state index < -0.39 is 5.97 Å². The summed E-state index contributed by atoms with van der Waals surface area (Å²) in [5.74, 6) is -0.853. The van der Waals surface area contributed by atoms with Crippen LogP contribution in [0.25, 0.3) is 0 Å². The maximum Gasteiger partial charge on any atom is 0.303 e. The lowest BCUT2D eigenvalue weighted by Gasteiger charge is -2.10. The molecule has 1 rings (SSSR count). The van der Waals surface area contributed by atoms with E-state index in [-0.39, 0.29) is 11.8 Å². The van der Waals surface area contributed by atoms with E-state index in [0.717, 1.165) is 10.0 Å². The van der Waals surface area contributed by atoms with Crippen LogP contribution >= 0.6 is 39.1 Å². The summed E-state index contributed by atoms with van der Waals surface area (Å²) in [5.41, 5.74) is 0.766. The molecular weight excluding hydrogens is 303 g/mol. The predicted octanol–water partition coefficient (Wildman–Crippen LogP) is 4.25. The summed E-state index contributed by atoms with van der Waals surface area (Å²) in [6.07, 6.45) is 0.415. The van der Waals surface area contributed by atoms with E-state index in [9.17, 15) is 4.79 Å². The molecule has 15 heavy (non-hydrogen) atoms. The average molecular weight is 312 g/mol. The van der Waals surface area contributed by atoms with E-state index in [4.69, 9.17) is 28.3 Å². The second kappa shape index (κ2) is 5.73. The summed E-state index contributed by atoms with van der Waals surface area (Å²) in [6.45, 7) is 0. The maximum atomic E-state index is 10.4. The van der Waals surface area contributed by atoms with Gasteiger partial charge in [0.25, 0.3) is 0 Å². The SMILES string of the molecule is O=C(O)CCC(Cl)c1ccc(Br)cc1Cl. The Hall–Kier alpha value is -0.250.